The molecule has 0 atom stereocenters. The highest BCUT2D eigenvalue weighted by molar-refractivity contribution is 6.60. The third kappa shape index (κ3) is 4.99. The van der Waals surface area contributed by atoms with Gasteiger partial charge in [-0.1, -0.05) is 0 Å². The van der Waals surface area contributed by atoms with Crippen molar-refractivity contribution < 1.29 is 40.0 Å². The fourth-order valence-corrected chi connectivity index (χ4v) is 4.41. The summed E-state index contributed by atoms with van der Waals surface area (Å²) in [4.78, 5) is 11.8. The van der Waals surface area contributed by atoms with E-state index in [1.807, 2.05) is 0 Å². The van der Waals surface area contributed by atoms with Crippen molar-refractivity contribution in [3.05, 3.63) is 34.6 Å². The van der Waals surface area contributed by atoms with Crippen LogP contribution in [0.4, 0.5) is 22.0 Å². The highest BCUT2D eigenvalue weighted by Gasteiger charge is 2.39. The van der Waals surface area contributed by atoms with Crippen LogP contribution >= 0.6 is 0 Å². The van der Waals surface area contributed by atoms with Crippen molar-refractivity contribution in [1.82, 2.24) is 5.32 Å². The molecule has 26 heavy (non-hydrogen) atoms. The Morgan fingerprint density at radius 2 is 1.42 bits per heavy atom. The van der Waals surface area contributed by atoms with Gasteiger partial charge in [0.05, 0.1) is 0 Å². The Morgan fingerprint density at radius 3 is 1.85 bits per heavy atom. The lowest BCUT2D eigenvalue weighted by molar-refractivity contribution is 0.0691. The molecule has 1 amide bonds. The van der Waals surface area contributed by atoms with Gasteiger partial charge in [0.2, 0.25) is 5.82 Å². The van der Waals surface area contributed by atoms with Crippen LogP contribution < -0.4 is 5.32 Å². The molecule has 0 aromatic heterocycles. The number of benzene rings is 1. The average Bonchev–Trinajstić information content (AvgIpc) is 2.60. The molecule has 148 valence electrons. The quantitative estimate of drug-likeness (QED) is 0.227. The lowest BCUT2D eigenvalue weighted by Crippen LogP contribution is -2.46. The van der Waals surface area contributed by atoms with Gasteiger partial charge in [-0.15, -0.1) is 0 Å². The lowest BCUT2D eigenvalue weighted by atomic mass is 10.1. The number of hydrogen-bond acceptors (Lipinski definition) is 4. The van der Waals surface area contributed by atoms with Gasteiger partial charge in [0.15, 0.2) is 23.3 Å². The number of halogens is 5. The summed E-state index contributed by atoms with van der Waals surface area (Å²) < 4.78 is 82.6. The summed E-state index contributed by atoms with van der Waals surface area (Å²) in [5.41, 5.74) is -1.53. The second-order valence-electron chi connectivity index (χ2n) is 5.56. The van der Waals surface area contributed by atoms with E-state index >= 15 is 0 Å². The predicted molar refractivity (Wildman–Crippen MR) is 84.0 cm³/mol. The largest absolute Gasteiger partial charge is 0.500 e. The number of nitrogens with one attached hydrogen (secondary N) is 1. The maximum atomic E-state index is 13.6. The third-order valence-electron chi connectivity index (χ3n) is 3.42. The maximum Gasteiger partial charge on any atom is 0.500 e. The summed E-state index contributed by atoms with van der Waals surface area (Å²) in [6, 6.07) is 0.273. The molecule has 0 aliphatic rings. The van der Waals surface area contributed by atoms with E-state index in [-0.39, 0.29) is 25.1 Å². The molecule has 0 radical (unpaired) electrons. The van der Waals surface area contributed by atoms with Crippen molar-refractivity contribution >= 4 is 14.7 Å². The molecule has 0 spiro atoms. The Labute approximate surface area is 148 Å². The number of amides is 1. The molecule has 0 saturated carbocycles. The zero-order valence-corrected chi connectivity index (χ0v) is 15.7. The van der Waals surface area contributed by atoms with Crippen LogP contribution in [0, 0.1) is 29.1 Å². The Hall–Kier alpha value is -1.56. The summed E-state index contributed by atoms with van der Waals surface area (Å²) >= 11 is 0. The zero-order valence-electron chi connectivity index (χ0n) is 14.7. The Bertz CT molecular complexity index is 626. The molecular weight excluding hydrogens is 381 g/mol. The molecule has 1 aromatic rings. The molecule has 0 saturated heterocycles. The maximum absolute atomic E-state index is 13.6. The van der Waals surface area contributed by atoms with E-state index in [0.717, 1.165) is 0 Å². The normalized spacial score (nSPS) is 11.9. The van der Waals surface area contributed by atoms with Crippen molar-refractivity contribution in [2.45, 2.75) is 32.4 Å². The molecule has 0 bridgehead atoms. The summed E-state index contributed by atoms with van der Waals surface area (Å²) in [5, 5.41) is 2.11. The van der Waals surface area contributed by atoms with Crippen LogP contribution in [-0.4, -0.2) is 41.6 Å². The van der Waals surface area contributed by atoms with Crippen molar-refractivity contribution in [2.24, 2.45) is 0 Å². The first-order valence-corrected chi connectivity index (χ1v) is 9.61. The van der Waals surface area contributed by atoms with E-state index in [2.05, 4.69) is 5.32 Å². The van der Waals surface area contributed by atoms with Crippen LogP contribution in [0.25, 0.3) is 0 Å². The standard InChI is InChI=1S/C15H20F5NO4Si/c1-8(2)25-26(23-3,24-4)7-5-6-21-15(22)9-10(16)12(18)14(20)13(19)11(9)17/h8H,5-7H2,1-4H3,(H,21,22). The van der Waals surface area contributed by atoms with E-state index in [9.17, 15) is 26.7 Å². The van der Waals surface area contributed by atoms with Crippen LogP contribution in [0.3, 0.4) is 0 Å². The molecule has 5 nitrogen and oxygen atoms in total. The van der Waals surface area contributed by atoms with Gasteiger partial charge in [-0.25, -0.2) is 22.0 Å². The summed E-state index contributed by atoms with van der Waals surface area (Å²) in [7, 11) is -0.158. The smallest absolute Gasteiger partial charge is 0.377 e. The molecule has 0 unspecified atom stereocenters. The van der Waals surface area contributed by atoms with Crippen LogP contribution in [0.1, 0.15) is 30.6 Å². The highest BCUT2D eigenvalue weighted by Crippen LogP contribution is 2.23. The topological polar surface area (TPSA) is 56.8 Å². The van der Waals surface area contributed by atoms with E-state index in [4.69, 9.17) is 13.3 Å². The van der Waals surface area contributed by atoms with Crippen LogP contribution in [0.5, 0.6) is 0 Å². The minimum absolute atomic E-state index is 0.110. The average molecular weight is 401 g/mol. The summed E-state index contributed by atoms with van der Waals surface area (Å²) in [6.45, 7) is 3.46. The number of hydrogen-bond donors (Lipinski definition) is 1. The van der Waals surface area contributed by atoms with Gasteiger partial charge in [0.25, 0.3) is 5.91 Å². The van der Waals surface area contributed by atoms with Gasteiger partial charge < -0.3 is 18.6 Å². The molecule has 11 heteroatoms. The first kappa shape index (κ1) is 22.5. The molecule has 0 aliphatic carbocycles. The Balaban J connectivity index is 2.77. The van der Waals surface area contributed by atoms with Gasteiger partial charge in [0, 0.05) is 32.9 Å². The Morgan fingerprint density at radius 1 is 0.962 bits per heavy atom. The molecule has 0 aliphatic heterocycles. The first-order valence-electron chi connectivity index (χ1n) is 7.68. The second-order valence-corrected chi connectivity index (χ2v) is 8.48. The molecule has 1 rings (SSSR count). The van der Waals surface area contributed by atoms with Gasteiger partial charge in [-0.2, -0.15) is 0 Å². The fourth-order valence-electron chi connectivity index (χ4n) is 2.20. The second kappa shape index (κ2) is 9.40. The number of carbonyl (C=O) groups excluding carboxylic acids is 1. The lowest BCUT2D eigenvalue weighted by Gasteiger charge is -2.28. The van der Waals surface area contributed by atoms with Crippen molar-refractivity contribution in [2.75, 3.05) is 20.8 Å². The van der Waals surface area contributed by atoms with Crippen LogP contribution in [-0.2, 0) is 13.3 Å². The highest BCUT2D eigenvalue weighted by atomic mass is 28.4. The van der Waals surface area contributed by atoms with Crippen molar-refractivity contribution in [1.29, 1.82) is 0 Å². The van der Waals surface area contributed by atoms with Crippen molar-refractivity contribution in [3.63, 3.8) is 0 Å². The van der Waals surface area contributed by atoms with Gasteiger partial charge in [-0.3, -0.25) is 4.79 Å². The number of rotatable bonds is 9. The van der Waals surface area contributed by atoms with E-state index in [1.165, 1.54) is 14.2 Å². The van der Waals surface area contributed by atoms with Gasteiger partial charge in [0.1, 0.15) is 5.56 Å². The van der Waals surface area contributed by atoms with Crippen LogP contribution in [0.15, 0.2) is 0 Å². The minimum Gasteiger partial charge on any atom is -0.377 e. The fraction of sp³-hybridized carbons (Fsp3) is 0.533. The molecule has 0 heterocycles. The third-order valence-corrected chi connectivity index (χ3v) is 6.46. The molecule has 0 fully saturated rings. The molecular formula is C15H20F5NO4Si. The SMILES string of the molecule is CO[Si](CCCNC(=O)c1c(F)c(F)c(F)c(F)c1F)(OC)OC(C)C. The molecule has 1 aromatic carbocycles. The van der Waals surface area contributed by atoms with Gasteiger partial charge in [-0.05, 0) is 20.3 Å². The van der Waals surface area contributed by atoms with Gasteiger partial charge >= 0.3 is 8.80 Å². The predicted octanol–water partition coefficient (Wildman–Crippen LogP) is 3.16. The number of carbonyl (C=O) groups is 1. The van der Waals surface area contributed by atoms with E-state index in [0.29, 0.717) is 0 Å². The van der Waals surface area contributed by atoms with E-state index < -0.39 is 49.4 Å². The molecule has 1 N–H and O–H groups in total. The first-order chi connectivity index (χ1) is 12.1. The summed E-state index contributed by atoms with van der Waals surface area (Å²) in [5.74, 6) is -12.4. The minimum atomic E-state index is -2.97. The van der Waals surface area contributed by atoms with Crippen molar-refractivity contribution in [3.8, 4) is 0 Å². The van der Waals surface area contributed by atoms with E-state index in [1.54, 1.807) is 13.8 Å². The monoisotopic (exact) mass is 401 g/mol. The zero-order chi connectivity index (χ0) is 20.1. The Kier molecular flexibility index (Phi) is 8.12. The van der Waals surface area contributed by atoms with Crippen LogP contribution in [0.2, 0.25) is 6.04 Å². The summed E-state index contributed by atoms with van der Waals surface area (Å²) in [6.07, 6.45) is 0.0615.